The van der Waals surface area contributed by atoms with Gasteiger partial charge in [0.05, 0.1) is 28.4 Å². The summed E-state index contributed by atoms with van der Waals surface area (Å²) in [6, 6.07) is 0. The van der Waals surface area contributed by atoms with Crippen LogP contribution in [0.5, 0.6) is 23.0 Å². The van der Waals surface area contributed by atoms with Gasteiger partial charge < -0.3 is 30.4 Å². The summed E-state index contributed by atoms with van der Waals surface area (Å²) in [6.45, 7) is 0. The van der Waals surface area contributed by atoms with Crippen molar-refractivity contribution in [3.8, 4) is 23.0 Å². The minimum atomic E-state index is 0.285. The molecule has 1 rings (SSSR count). The average molecular weight is 228 g/mol. The van der Waals surface area contributed by atoms with Gasteiger partial charge in [0.25, 0.3) is 0 Å². The van der Waals surface area contributed by atoms with Crippen LogP contribution < -0.4 is 30.4 Å². The Morgan fingerprint density at radius 3 is 0.875 bits per heavy atom. The van der Waals surface area contributed by atoms with Gasteiger partial charge in [0.15, 0.2) is 23.0 Å². The van der Waals surface area contributed by atoms with Crippen molar-refractivity contribution in [2.75, 3.05) is 39.9 Å². The van der Waals surface area contributed by atoms with E-state index in [-0.39, 0.29) is 11.4 Å². The van der Waals surface area contributed by atoms with E-state index in [4.69, 9.17) is 30.4 Å². The normalized spacial score (nSPS) is 9.75. The molecule has 0 spiro atoms. The maximum atomic E-state index is 5.86. The van der Waals surface area contributed by atoms with E-state index in [1.807, 2.05) is 0 Å². The number of hydrogen-bond donors (Lipinski definition) is 2. The van der Waals surface area contributed by atoms with Gasteiger partial charge in [-0.25, -0.2) is 0 Å². The van der Waals surface area contributed by atoms with Crippen LogP contribution in [0.3, 0.4) is 0 Å². The predicted molar refractivity (Wildman–Crippen MR) is 61.5 cm³/mol. The van der Waals surface area contributed by atoms with E-state index in [9.17, 15) is 0 Å². The number of nitrogens with two attached hydrogens (primary N) is 2. The van der Waals surface area contributed by atoms with Gasteiger partial charge in [0, 0.05) is 0 Å². The highest BCUT2D eigenvalue weighted by Crippen LogP contribution is 2.52. The van der Waals surface area contributed by atoms with Gasteiger partial charge in [-0.1, -0.05) is 0 Å². The minimum absolute atomic E-state index is 0.285. The van der Waals surface area contributed by atoms with Crippen LogP contribution in [0.4, 0.5) is 11.4 Å². The molecule has 4 N–H and O–H groups in total. The second kappa shape index (κ2) is 4.69. The molecular weight excluding hydrogens is 212 g/mol. The van der Waals surface area contributed by atoms with E-state index < -0.39 is 0 Å². The summed E-state index contributed by atoms with van der Waals surface area (Å²) < 4.78 is 20.5. The van der Waals surface area contributed by atoms with Gasteiger partial charge in [-0.15, -0.1) is 0 Å². The zero-order chi connectivity index (χ0) is 12.3. The molecular formula is C10H16N2O4. The summed E-state index contributed by atoms with van der Waals surface area (Å²) in [5.74, 6) is 1.32. The summed E-state index contributed by atoms with van der Waals surface area (Å²) >= 11 is 0. The molecule has 16 heavy (non-hydrogen) atoms. The first-order valence-corrected chi connectivity index (χ1v) is 4.53. The molecule has 0 bridgehead atoms. The van der Waals surface area contributed by atoms with Crippen molar-refractivity contribution < 1.29 is 18.9 Å². The summed E-state index contributed by atoms with van der Waals surface area (Å²) in [5.41, 5.74) is 12.3. The van der Waals surface area contributed by atoms with Crippen molar-refractivity contribution >= 4 is 11.4 Å². The Kier molecular flexibility index (Phi) is 3.55. The zero-order valence-corrected chi connectivity index (χ0v) is 9.79. The minimum Gasteiger partial charge on any atom is -0.491 e. The molecule has 0 aliphatic carbocycles. The highest BCUT2D eigenvalue weighted by Gasteiger charge is 2.23. The van der Waals surface area contributed by atoms with E-state index >= 15 is 0 Å². The number of rotatable bonds is 4. The molecule has 1 aromatic carbocycles. The quantitative estimate of drug-likeness (QED) is 0.744. The largest absolute Gasteiger partial charge is 0.491 e. The fourth-order valence-corrected chi connectivity index (χ4v) is 1.51. The summed E-state index contributed by atoms with van der Waals surface area (Å²) in [6.07, 6.45) is 0. The smallest absolute Gasteiger partial charge is 0.190 e. The Bertz CT molecular complexity index is 323. The number of ether oxygens (including phenoxy) is 4. The van der Waals surface area contributed by atoms with Crippen LogP contribution in [0.1, 0.15) is 0 Å². The summed E-state index contributed by atoms with van der Waals surface area (Å²) in [5, 5.41) is 0. The second-order valence-corrected chi connectivity index (χ2v) is 2.96. The standard InChI is InChI=1S/C10H16N2O4/c1-13-7-5(11)9(15-3)10(16-4)6(12)8(7)14-2/h11-12H2,1-4H3. The molecule has 90 valence electrons. The van der Waals surface area contributed by atoms with Crippen molar-refractivity contribution in [1.29, 1.82) is 0 Å². The van der Waals surface area contributed by atoms with Gasteiger partial charge in [-0.05, 0) is 0 Å². The predicted octanol–water partition coefficient (Wildman–Crippen LogP) is 0.885. The van der Waals surface area contributed by atoms with Gasteiger partial charge >= 0.3 is 0 Å². The molecule has 0 aliphatic rings. The maximum absolute atomic E-state index is 5.86. The Morgan fingerprint density at radius 1 is 0.562 bits per heavy atom. The number of benzene rings is 1. The molecule has 0 radical (unpaired) electrons. The lowest BCUT2D eigenvalue weighted by Gasteiger charge is -2.18. The molecule has 6 nitrogen and oxygen atoms in total. The molecule has 0 atom stereocenters. The summed E-state index contributed by atoms with van der Waals surface area (Å²) in [4.78, 5) is 0. The first-order chi connectivity index (χ1) is 7.62. The molecule has 6 heteroatoms. The van der Waals surface area contributed by atoms with Gasteiger partial charge in [0.1, 0.15) is 11.4 Å². The van der Waals surface area contributed by atoms with Gasteiger partial charge in [0.2, 0.25) is 0 Å². The van der Waals surface area contributed by atoms with E-state index in [1.165, 1.54) is 28.4 Å². The highest BCUT2D eigenvalue weighted by atomic mass is 16.5. The fourth-order valence-electron chi connectivity index (χ4n) is 1.51. The molecule has 0 aliphatic heterocycles. The molecule has 0 heterocycles. The first kappa shape index (κ1) is 12.1. The van der Waals surface area contributed by atoms with Crippen molar-refractivity contribution in [2.45, 2.75) is 0 Å². The van der Waals surface area contributed by atoms with E-state index in [0.29, 0.717) is 23.0 Å². The van der Waals surface area contributed by atoms with E-state index in [1.54, 1.807) is 0 Å². The van der Waals surface area contributed by atoms with Crippen LogP contribution in [0.15, 0.2) is 0 Å². The van der Waals surface area contributed by atoms with Crippen molar-refractivity contribution in [1.82, 2.24) is 0 Å². The van der Waals surface area contributed by atoms with Crippen LogP contribution in [0, 0.1) is 0 Å². The topological polar surface area (TPSA) is 89.0 Å². The molecule has 1 aromatic rings. The molecule has 0 fully saturated rings. The molecule has 0 saturated carbocycles. The third-order valence-electron chi connectivity index (χ3n) is 2.21. The first-order valence-electron chi connectivity index (χ1n) is 4.53. The van der Waals surface area contributed by atoms with Crippen molar-refractivity contribution in [2.24, 2.45) is 0 Å². The SMILES string of the molecule is COc1c(N)c(OC)c(OC)c(N)c1OC. The zero-order valence-electron chi connectivity index (χ0n) is 9.79. The highest BCUT2D eigenvalue weighted by molar-refractivity contribution is 5.84. The van der Waals surface area contributed by atoms with Crippen molar-refractivity contribution in [3.05, 3.63) is 0 Å². The van der Waals surface area contributed by atoms with Crippen LogP contribution in [0.2, 0.25) is 0 Å². The lowest BCUT2D eigenvalue weighted by Crippen LogP contribution is -2.05. The van der Waals surface area contributed by atoms with Gasteiger partial charge in [-0.2, -0.15) is 0 Å². The number of nitrogen functional groups attached to an aromatic ring is 2. The fraction of sp³-hybridized carbons (Fsp3) is 0.400. The van der Waals surface area contributed by atoms with Gasteiger partial charge in [-0.3, -0.25) is 0 Å². The van der Waals surface area contributed by atoms with E-state index in [0.717, 1.165) is 0 Å². The molecule has 0 saturated heterocycles. The van der Waals surface area contributed by atoms with Crippen molar-refractivity contribution in [3.63, 3.8) is 0 Å². The molecule has 0 aromatic heterocycles. The van der Waals surface area contributed by atoms with Crippen LogP contribution in [-0.2, 0) is 0 Å². The maximum Gasteiger partial charge on any atom is 0.190 e. The van der Waals surface area contributed by atoms with Crippen LogP contribution in [-0.4, -0.2) is 28.4 Å². The third kappa shape index (κ3) is 1.62. The number of methoxy groups -OCH3 is 4. The third-order valence-corrected chi connectivity index (χ3v) is 2.21. The van der Waals surface area contributed by atoms with E-state index in [2.05, 4.69) is 0 Å². The monoisotopic (exact) mass is 228 g/mol. The lowest BCUT2D eigenvalue weighted by atomic mass is 10.2. The second-order valence-electron chi connectivity index (χ2n) is 2.96. The number of anilines is 2. The molecule has 0 unspecified atom stereocenters. The number of hydrogen-bond acceptors (Lipinski definition) is 6. The van der Waals surface area contributed by atoms with Crippen LogP contribution >= 0.6 is 0 Å². The Balaban J connectivity index is 3.60. The average Bonchev–Trinajstić information content (AvgIpc) is 2.30. The molecule has 0 amide bonds. The lowest BCUT2D eigenvalue weighted by molar-refractivity contribution is 0.335. The Morgan fingerprint density at radius 2 is 0.750 bits per heavy atom. The van der Waals surface area contributed by atoms with Crippen LogP contribution in [0.25, 0.3) is 0 Å². The Hall–Kier alpha value is -1.98. The summed E-state index contributed by atoms with van der Waals surface area (Å²) in [7, 11) is 5.89. The Labute approximate surface area is 94.0 Å².